The van der Waals surface area contributed by atoms with E-state index in [2.05, 4.69) is 18.2 Å². The maximum atomic E-state index is 4.98. The highest BCUT2D eigenvalue weighted by atomic mass is 16.5. The third-order valence-corrected chi connectivity index (χ3v) is 1.43. The molecule has 0 aromatic rings. The molecular formula is C10H18O. The zero-order chi connectivity index (χ0) is 8.53. The second-order valence-corrected chi connectivity index (χ2v) is 2.22. The molecule has 0 fully saturated rings. The lowest BCUT2D eigenvalue weighted by Gasteiger charge is -2.05. The Morgan fingerprint density at radius 1 is 1.45 bits per heavy atom. The van der Waals surface area contributed by atoms with Gasteiger partial charge in [-0.15, -0.1) is 0 Å². The van der Waals surface area contributed by atoms with Crippen LogP contribution >= 0.6 is 0 Å². The van der Waals surface area contributed by atoms with Crippen molar-refractivity contribution in [2.24, 2.45) is 0 Å². The van der Waals surface area contributed by atoms with Crippen molar-refractivity contribution in [2.75, 3.05) is 13.7 Å². The summed E-state index contributed by atoms with van der Waals surface area (Å²) in [5.74, 6) is 0. The van der Waals surface area contributed by atoms with Crippen molar-refractivity contribution in [3.8, 4) is 0 Å². The van der Waals surface area contributed by atoms with E-state index in [1.807, 2.05) is 13.8 Å². The lowest BCUT2D eigenvalue weighted by molar-refractivity contribution is 0.223. The molecule has 64 valence electrons. The first-order valence-electron chi connectivity index (χ1n) is 4.27. The summed E-state index contributed by atoms with van der Waals surface area (Å²) in [6.07, 6.45) is 8.75. The van der Waals surface area contributed by atoms with Crippen LogP contribution in [-0.2, 0) is 4.74 Å². The summed E-state index contributed by atoms with van der Waals surface area (Å²) in [4.78, 5) is 0. The molecule has 0 aromatic carbocycles. The van der Waals surface area contributed by atoms with Crippen LogP contribution in [0.4, 0.5) is 0 Å². The molecule has 0 saturated carbocycles. The smallest absolute Gasteiger partial charge is 0.0676 e. The highest BCUT2D eigenvalue weighted by molar-refractivity contribution is 5.17. The predicted octanol–water partition coefficient (Wildman–Crippen LogP) is 2.94. The molecule has 0 atom stereocenters. The molecule has 0 unspecified atom stereocenters. The molecule has 0 aromatic heterocycles. The topological polar surface area (TPSA) is 9.23 Å². The van der Waals surface area contributed by atoms with E-state index in [0.717, 1.165) is 6.61 Å². The molecule has 1 aliphatic carbocycles. The van der Waals surface area contributed by atoms with Crippen molar-refractivity contribution in [3.05, 3.63) is 23.8 Å². The summed E-state index contributed by atoms with van der Waals surface area (Å²) in [6.45, 7) is 4.80. The fraction of sp³-hybridized carbons (Fsp3) is 0.600. The molecule has 0 aliphatic heterocycles. The quantitative estimate of drug-likeness (QED) is 0.594. The lowest BCUT2D eigenvalue weighted by Crippen LogP contribution is -1.95. The van der Waals surface area contributed by atoms with E-state index in [1.54, 1.807) is 7.11 Å². The SMILES string of the molecule is CC.COCC1=CC=CCC1. The monoisotopic (exact) mass is 154 g/mol. The van der Waals surface area contributed by atoms with Crippen molar-refractivity contribution in [1.29, 1.82) is 0 Å². The van der Waals surface area contributed by atoms with Crippen molar-refractivity contribution in [1.82, 2.24) is 0 Å². The first-order chi connectivity index (χ1) is 5.43. The Kier molecular flexibility index (Phi) is 7.16. The maximum Gasteiger partial charge on any atom is 0.0676 e. The van der Waals surface area contributed by atoms with E-state index >= 15 is 0 Å². The Hall–Kier alpha value is -0.560. The summed E-state index contributed by atoms with van der Waals surface area (Å²) in [5, 5.41) is 0. The van der Waals surface area contributed by atoms with Crippen LogP contribution in [0.25, 0.3) is 0 Å². The van der Waals surface area contributed by atoms with E-state index in [9.17, 15) is 0 Å². The van der Waals surface area contributed by atoms with Gasteiger partial charge in [0.05, 0.1) is 6.61 Å². The Balaban J connectivity index is 0.000000461. The summed E-state index contributed by atoms with van der Waals surface area (Å²) in [5.41, 5.74) is 1.40. The van der Waals surface area contributed by atoms with E-state index in [4.69, 9.17) is 4.74 Å². The van der Waals surface area contributed by atoms with Gasteiger partial charge in [-0.1, -0.05) is 32.1 Å². The Bertz CT molecular complexity index is 134. The Morgan fingerprint density at radius 2 is 2.18 bits per heavy atom. The van der Waals surface area contributed by atoms with Crippen molar-refractivity contribution >= 4 is 0 Å². The molecule has 0 spiro atoms. The molecular weight excluding hydrogens is 136 g/mol. The zero-order valence-electron chi connectivity index (χ0n) is 7.76. The maximum absolute atomic E-state index is 4.98. The average Bonchev–Trinajstić information content (AvgIpc) is 2.11. The van der Waals surface area contributed by atoms with E-state index in [1.165, 1.54) is 18.4 Å². The highest BCUT2D eigenvalue weighted by Crippen LogP contribution is 2.10. The van der Waals surface area contributed by atoms with E-state index < -0.39 is 0 Å². The van der Waals surface area contributed by atoms with Gasteiger partial charge in [0.1, 0.15) is 0 Å². The van der Waals surface area contributed by atoms with Gasteiger partial charge in [-0.05, 0) is 18.4 Å². The van der Waals surface area contributed by atoms with Gasteiger partial charge < -0.3 is 4.74 Å². The third-order valence-electron chi connectivity index (χ3n) is 1.43. The van der Waals surface area contributed by atoms with Gasteiger partial charge in [0.25, 0.3) is 0 Å². The zero-order valence-corrected chi connectivity index (χ0v) is 7.76. The van der Waals surface area contributed by atoms with Gasteiger partial charge in [0.2, 0.25) is 0 Å². The molecule has 0 N–H and O–H groups in total. The summed E-state index contributed by atoms with van der Waals surface area (Å²) >= 11 is 0. The summed E-state index contributed by atoms with van der Waals surface area (Å²) < 4.78 is 4.98. The number of ether oxygens (including phenoxy) is 1. The minimum atomic E-state index is 0.796. The molecule has 1 heteroatoms. The van der Waals surface area contributed by atoms with Gasteiger partial charge >= 0.3 is 0 Å². The lowest BCUT2D eigenvalue weighted by atomic mass is 10.1. The predicted molar refractivity (Wildman–Crippen MR) is 49.7 cm³/mol. The minimum absolute atomic E-state index is 0.796. The average molecular weight is 154 g/mol. The molecule has 11 heavy (non-hydrogen) atoms. The fourth-order valence-electron chi connectivity index (χ4n) is 0.958. The van der Waals surface area contributed by atoms with Crippen LogP contribution in [0, 0.1) is 0 Å². The normalized spacial score (nSPS) is 15.0. The molecule has 1 rings (SSSR count). The molecule has 0 radical (unpaired) electrons. The summed E-state index contributed by atoms with van der Waals surface area (Å²) in [7, 11) is 1.74. The van der Waals surface area contributed by atoms with Crippen LogP contribution in [0.15, 0.2) is 23.8 Å². The van der Waals surface area contributed by atoms with Gasteiger partial charge in [0.15, 0.2) is 0 Å². The number of hydrogen-bond acceptors (Lipinski definition) is 1. The molecule has 1 nitrogen and oxygen atoms in total. The summed E-state index contributed by atoms with van der Waals surface area (Å²) in [6, 6.07) is 0. The Morgan fingerprint density at radius 3 is 2.64 bits per heavy atom. The molecule has 0 amide bonds. The fourth-order valence-corrected chi connectivity index (χ4v) is 0.958. The number of methoxy groups -OCH3 is 1. The van der Waals surface area contributed by atoms with Crippen LogP contribution in [0.1, 0.15) is 26.7 Å². The van der Waals surface area contributed by atoms with Crippen molar-refractivity contribution < 1.29 is 4.74 Å². The second kappa shape index (κ2) is 7.55. The van der Waals surface area contributed by atoms with Gasteiger partial charge in [-0.2, -0.15) is 0 Å². The molecule has 0 bridgehead atoms. The Labute approximate surface area is 69.8 Å². The highest BCUT2D eigenvalue weighted by Gasteiger charge is 1.96. The van der Waals surface area contributed by atoms with Crippen LogP contribution < -0.4 is 0 Å². The third kappa shape index (κ3) is 4.79. The minimum Gasteiger partial charge on any atom is -0.380 e. The van der Waals surface area contributed by atoms with Crippen LogP contribution in [0.2, 0.25) is 0 Å². The van der Waals surface area contributed by atoms with Crippen molar-refractivity contribution in [2.45, 2.75) is 26.7 Å². The van der Waals surface area contributed by atoms with Crippen LogP contribution in [0.3, 0.4) is 0 Å². The largest absolute Gasteiger partial charge is 0.380 e. The van der Waals surface area contributed by atoms with Crippen LogP contribution in [0.5, 0.6) is 0 Å². The number of allylic oxidation sites excluding steroid dienone is 3. The first kappa shape index (κ1) is 10.4. The molecule has 0 heterocycles. The van der Waals surface area contributed by atoms with Crippen LogP contribution in [-0.4, -0.2) is 13.7 Å². The van der Waals surface area contributed by atoms with Gasteiger partial charge in [0, 0.05) is 7.11 Å². The number of rotatable bonds is 2. The van der Waals surface area contributed by atoms with E-state index in [0.29, 0.717) is 0 Å². The molecule has 0 saturated heterocycles. The standard InChI is InChI=1S/C8H12O.C2H6/c1-9-7-8-5-3-2-4-6-8;1-2/h2-3,5H,4,6-7H2,1H3;1-2H3. The molecule has 1 aliphatic rings. The van der Waals surface area contributed by atoms with Gasteiger partial charge in [-0.3, -0.25) is 0 Å². The van der Waals surface area contributed by atoms with E-state index in [-0.39, 0.29) is 0 Å². The van der Waals surface area contributed by atoms with Gasteiger partial charge in [-0.25, -0.2) is 0 Å². The van der Waals surface area contributed by atoms with Crippen molar-refractivity contribution in [3.63, 3.8) is 0 Å². The second-order valence-electron chi connectivity index (χ2n) is 2.22. The number of hydrogen-bond donors (Lipinski definition) is 0. The first-order valence-corrected chi connectivity index (χ1v) is 4.27.